The van der Waals surface area contributed by atoms with Gasteiger partial charge in [0, 0.05) is 30.7 Å². The molecule has 0 spiro atoms. The second-order valence-electron chi connectivity index (χ2n) is 7.54. The number of ether oxygens (including phenoxy) is 1. The van der Waals surface area contributed by atoms with E-state index in [0.29, 0.717) is 34.4 Å². The molecule has 31 heavy (non-hydrogen) atoms. The van der Waals surface area contributed by atoms with Gasteiger partial charge in [-0.15, -0.1) is 0 Å². The summed E-state index contributed by atoms with van der Waals surface area (Å²) in [6.45, 7) is 2.70. The van der Waals surface area contributed by atoms with Gasteiger partial charge in [0.05, 0.1) is 34.0 Å². The van der Waals surface area contributed by atoms with E-state index < -0.39 is 6.10 Å². The molecule has 2 aromatic carbocycles. The summed E-state index contributed by atoms with van der Waals surface area (Å²) in [6.07, 6.45) is 3.24. The van der Waals surface area contributed by atoms with Gasteiger partial charge in [-0.3, -0.25) is 4.98 Å². The molecule has 0 saturated carbocycles. The minimum Gasteiger partial charge on any atom is -0.396 e. The van der Waals surface area contributed by atoms with Crippen LogP contribution < -0.4 is 11.1 Å². The van der Waals surface area contributed by atoms with Crippen LogP contribution in [-0.2, 0) is 11.2 Å². The Morgan fingerprint density at radius 1 is 1.00 bits per heavy atom. The van der Waals surface area contributed by atoms with Gasteiger partial charge in [-0.1, -0.05) is 47.5 Å². The highest BCUT2D eigenvalue weighted by atomic mass is 35.5. The SMILES string of the molecule is Nc1c(Cl)cc(C(O)CNCCCCCOCCc2ccc3ccccc3n2)cc1Cl. The smallest absolute Gasteiger partial charge is 0.0915 e. The third kappa shape index (κ3) is 7.34. The molecule has 0 radical (unpaired) electrons. The minimum absolute atomic E-state index is 0.336. The number of hydrogen-bond donors (Lipinski definition) is 3. The summed E-state index contributed by atoms with van der Waals surface area (Å²) in [4.78, 5) is 4.66. The number of aliphatic hydroxyl groups excluding tert-OH is 1. The number of nitrogens with zero attached hydrogens (tertiary/aromatic N) is 1. The van der Waals surface area contributed by atoms with Gasteiger partial charge in [-0.25, -0.2) is 0 Å². The van der Waals surface area contributed by atoms with E-state index in [0.717, 1.165) is 55.4 Å². The predicted octanol–water partition coefficient (Wildman–Crippen LogP) is 5.18. The van der Waals surface area contributed by atoms with E-state index >= 15 is 0 Å². The second-order valence-corrected chi connectivity index (χ2v) is 8.35. The first-order valence-electron chi connectivity index (χ1n) is 10.6. The molecule has 1 aromatic heterocycles. The third-order valence-corrected chi connectivity index (χ3v) is 5.75. The number of aliphatic hydroxyl groups is 1. The first kappa shape index (κ1) is 23.8. The zero-order valence-corrected chi connectivity index (χ0v) is 19.0. The van der Waals surface area contributed by atoms with Gasteiger partial charge in [0.25, 0.3) is 0 Å². The van der Waals surface area contributed by atoms with E-state index in [4.69, 9.17) is 33.7 Å². The van der Waals surface area contributed by atoms with E-state index in [1.54, 1.807) is 12.1 Å². The van der Waals surface area contributed by atoms with Crippen molar-refractivity contribution in [1.82, 2.24) is 10.3 Å². The van der Waals surface area contributed by atoms with Crippen molar-refractivity contribution in [3.05, 3.63) is 69.8 Å². The number of unbranched alkanes of at least 4 members (excludes halogenated alkanes) is 2. The van der Waals surface area contributed by atoms with Crippen LogP contribution in [0, 0.1) is 0 Å². The molecule has 1 heterocycles. The van der Waals surface area contributed by atoms with Gasteiger partial charge < -0.3 is 20.9 Å². The summed E-state index contributed by atoms with van der Waals surface area (Å²) < 4.78 is 5.75. The standard InChI is InChI=1S/C24H29Cl2N3O2/c25-20-14-18(15-21(26)24(20)27)23(30)16-28-11-4-1-5-12-31-13-10-19-9-8-17-6-2-3-7-22(17)29-19/h2-3,6-9,14-15,23,28,30H,1,4-5,10-13,16,27H2. The molecule has 0 saturated heterocycles. The van der Waals surface area contributed by atoms with Gasteiger partial charge in [0.15, 0.2) is 0 Å². The Bertz CT molecular complexity index is 961. The van der Waals surface area contributed by atoms with Crippen LogP contribution in [0.25, 0.3) is 10.9 Å². The maximum absolute atomic E-state index is 10.3. The summed E-state index contributed by atoms with van der Waals surface area (Å²) in [5.41, 5.74) is 8.81. The Morgan fingerprint density at radius 2 is 1.77 bits per heavy atom. The molecule has 0 aliphatic rings. The number of nitrogens with two attached hydrogens (primary N) is 1. The van der Waals surface area contributed by atoms with Crippen LogP contribution >= 0.6 is 23.2 Å². The Labute approximate surface area is 193 Å². The third-order valence-electron chi connectivity index (χ3n) is 5.12. The first-order valence-corrected chi connectivity index (χ1v) is 11.4. The summed E-state index contributed by atoms with van der Waals surface area (Å²) in [5, 5.41) is 15.4. The number of nitrogen functional groups attached to an aromatic ring is 1. The van der Waals surface area contributed by atoms with E-state index in [1.165, 1.54) is 0 Å². The molecule has 0 aliphatic heterocycles. The van der Waals surface area contributed by atoms with Gasteiger partial charge in [0.2, 0.25) is 0 Å². The fraction of sp³-hybridized carbons (Fsp3) is 0.375. The van der Waals surface area contributed by atoms with Crippen molar-refractivity contribution in [3.8, 4) is 0 Å². The highest BCUT2D eigenvalue weighted by Gasteiger charge is 2.11. The number of fused-ring (bicyclic) bond motifs is 1. The summed E-state index contributed by atoms with van der Waals surface area (Å²) in [6, 6.07) is 15.6. The van der Waals surface area contributed by atoms with Crippen LogP contribution in [0.15, 0.2) is 48.5 Å². The average Bonchev–Trinajstić information content (AvgIpc) is 2.78. The van der Waals surface area contributed by atoms with Crippen LogP contribution in [0.2, 0.25) is 10.0 Å². The zero-order chi connectivity index (χ0) is 22.1. The number of rotatable bonds is 12. The minimum atomic E-state index is -0.678. The first-order chi connectivity index (χ1) is 15.0. The molecule has 4 N–H and O–H groups in total. The Balaban J connectivity index is 1.22. The molecule has 1 unspecified atom stereocenters. The summed E-state index contributed by atoms with van der Waals surface area (Å²) in [7, 11) is 0. The largest absolute Gasteiger partial charge is 0.396 e. The molecule has 3 aromatic rings. The van der Waals surface area contributed by atoms with Crippen LogP contribution in [0.3, 0.4) is 0 Å². The average molecular weight is 462 g/mol. The number of nitrogens with one attached hydrogen (secondary N) is 1. The number of anilines is 1. The Kier molecular flexibility index (Phi) is 9.37. The Hall–Kier alpha value is -1.89. The maximum atomic E-state index is 10.3. The highest BCUT2D eigenvalue weighted by Crippen LogP contribution is 2.31. The molecule has 7 heteroatoms. The van der Waals surface area contributed by atoms with Gasteiger partial charge >= 0.3 is 0 Å². The van der Waals surface area contributed by atoms with Gasteiger partial charge in [0.1, 0.15) is 0 Å². The van der Waals surface area contributed by atoms with Crippen LogP contribution in [0.4, 0.5) is 5.69 Å². The molecule has 0 aliphatic carbocycles. The van der Waals surface area contributed by atoms with Crippen LogP contribution in [0.1, 0.15) is 36.6 Å². The van der Waals surface area contributed by atoms with Crippen LogP contribution in [-0.4, -0.2) is 36.4 Å². The number of halogens is 2. The molecule has 5 nitrogen and oxygen atoms in total. The lowest BCUT2D eigenvalue weighted by molar-refractivity contribution is 0.132. The topological polar surface area (TPSA) is 80.4 Å². The zero-order valence-electron chi connectivity index (χ0n) is 17.5. The molecule has 166 valence electrons. The fourth-order valence-electron chi connectivity index (χ4n) is 3.31. The van der Waals surface area contributed by atoms with Crippen molar-refractivity contribution in [2.45, 2.75) is 31.8 Å². The van der Waals surface area contributed by atoms with E-state index in [1.807, 2.05) is 18.2 Å². The second kappa shape index (κ2) is 12.2. The molecule has 0 fully saturated rings. The van der Waals surface area contributed by atoms with E-state index in [9.17, 15) is 5.11 Å². The van der Waals surface area contributed by atoms with Crippen LogP contribution in [0.5, 0.6) is 0 Å². The number of para-hydroxylation sites is 1. The number of hydrogen-bond acceptors (Lipinski definition) is 5. The van der Waals surface area contributed by atoms with Crippen molar-refractivity contribution in [2.75, 3.05) is 32.0 Å². The van der Waals surface area contributed by atoms with Gasteiger partial charge in [-0.05, 0) is 55.6 Å². The predicted molar refractivity (Wildman–Crippen MR) is 129 cm³/mol. The van der Waals surface area contributed by atoms with Crippen molar-refractivity contribution in [1.29, 1.82) is 0 Å². The molecule has 0 bridgehead atoms. The van der Waals surface area contributed by atoms with Gasteiger partial charge in [-0.2, -0.15) is 0 Å². The number of pyridine rings is 1. The monoisotopic (exact) mass is 461 g/mol. The number of aromatic nitrogens is 1. The van der Waals surface area contributed by atoms with Crippen molar-refractivity contribution < 1.29 is 9.84 Å². The lowest BCUT2D eigenvalue weighted by Crippen LogP contribution is -2.22. The maximum Gasteiger partial charge on any atom is 0.0915 e. The van der Waals surface area contributed by atoms with E-state index in [2.05, 4.69) is 28.5 Å². The molecular formula is C24H29Cl2N3O2. The number of benzene rings is 2. The summed E-state index contributed by atoms with van der Waals surface area (Å²) >= 11 is 12.0. The highest BCUT2D eigenvalue weighted by molar-refractivity contribution is 6.38. The van der Waals surface area contributed by atoms with Crippen molar-refractivity contribution >= 4 is 39.8 Å². The molecular weight excluding hydrogens is 433 g/mol. The van der Waals surface area contributed by atoms with Crippen molar-refractivity contribution in [3.63, 3.8) is 0 Å². The molecule has 1 atom stereocenters. The fourth-order valence-corrected chi connectivity index (χ4v) is 3.81. The Morgan fingerprint density at radius 3 is 2.58 bits per heavy atom. The van der Waals surface area contributed by atoms with Crippen molar-refractivity contribution in [2.24, 2.45) is 0 Å². The normalized spacial score (nSPS) is 12.4. The lowest BCUT2D eigenvalue weighted by atomic mass is 10.1. The lowest BCUT2D eigenvalue weighted by Gasteiger charge is -2.14. The summed E-state index contributed by atoms with van der Waals surface area (Å²) in [5.74, 6) is 0. The quantitative estimate of drug-likeness (QED) is 0.255. The molecule has 0 amide bonds. The van der Waals surface area contributed by atoms with E-state index in [-0.39, 0.29) is 0 Å². The molecule has 3 rings (SSSR count).